The van der Waals surface area contributed by atoms with Gasteiger partial charge < -0.3 is 18.9 Å². The van der Waals surface area contributed by atoms with Crippen molar-refractivity contribution in [1.29, 1.82) is 0 Å². The molecule has 1 aliphatic rings. The molecule has 0 unspecified atom stereocenters. The van der Waals surface area contributed by atoms with Crippen LogP contribution in [0, 0.1) is 6.92 Å². The second-order valence-corrected chi connectivity index (χ2v) is 21.8. The van der Waals surface area contributed by atoms with Gasteiger partial charge >= 0.3 is 0 Å². The Labute approximate surface area is 434 Å². The third kappa shape index (κ3) is 11.7. The first-order valence-corrected chi connectivity index (χ1v) is 27.2. The molecule has 2 N–H and O–H groups in total. The molecule has 0 spiro atoms. The van der Waals surface area contributed by atoms with Crippen molar-refractivity contribution in [2.24, 2.45) is 0 Å². The molecule has 13 nitrogen and oxygen atoms in total. The summed E-state index contributed by atoms with van der Waals surface area (Å²) in [5.41, 5.74) is 5.54. The van der Waals surface area contributed by atoms with Crippen LogP contribution in [0.2, 0.25) is 0 Å². The molecule has 0 bridgehead atoms. The molecule has 9 rings (SSSR count). The summed E-state index contributed by atoms with van der Waals surface area (Å²) < 4.78 is 90.1. The van der Waals surface area contributed by atoms with Crippen LogP contribution in [0.15, 0.2) is 202 Å². The van der Waals surface area contributed by atoms with E-state index >= 15 is 0 Å². The molecular weight excluding hydrogens is 1000 g/mol. The molecule has 8 aromatic carbocycles. The van der Waals surface area contributed by atoms with E-state index in [0.29, 0.717) is 45.5 Å². The van der Waals surface area contributed by atoms with E-state index in [1.54, 1.807) is 92.0 Å². The summed E-state index contributed by atoms with van der Waals surface area (Å²) in [6, 6.07) is 52.1. The molecule has 0 radical (unpaired) electrons. The predicted octanol–water partition coefficient (Wildman–Crippen LogP) is 13.8. The highest BCUT2D eigenvalue weighted by Crippen LogP contribution is 2.46. The zero-order valence-corrected chi connectivity index (χ0v) is 42.6. The summed E-state index contributed by atoms with van der Waals surface area (Å²) in [6.07, 6.45) is 5.19. The van der Waals surface area contributed by atoms with E-state index in [0.717, 1.165) is 71.7 Å². The minimum Gasteiger partial charge on any atom is -0.497 e. The smallest absolute Gasteiger partial charge is 0.298 e. The molecule has 1 aliphatic carbocycles. The van der Waals surface area contributed by atoms with Gasteiger partial charge in [-0.05, 0) is 151 Å². The molecule has 0 atom stereocenters. The predicted molar refractivity (Wildman–Crippen MR) is 280 cm³/mol. The minimum absolute atomic E-state index is 0.0445. The molecule has 74 heavy (non-hydrogen) atoms. The van der Waals surface area contributed by atoms with Crippen LogP contribution in [0.1, 0.15) is 70.3 Å². The van der Waals surface area contributed by atoms with Gasteiger partial charge in [0.05, 0.1) is 28.9 Å². The SMILES string of the molecule is COc1ccc(-c2ccc(Oc3ccc(C(=O)c4ccc(COc5ccc(C6(c7ccc(Oc8ccc(S(=O)(=O)c9ccc(C)cc9)cc8)cc7)CCCCC6)cc5)c(SOOO)c4)cc3S(=O)(=O)O)cc2)cc1. The lowest BCUT2D eigenvalue weighted by Crippen LogP contribution is -2.30. The molecule has 0 aliphatic heterocycles. The van der Waals surface area contributed by atoms with E-state index in [1.807, 2.05) is 55.5 Å². The molecule has 0 heterocycles. The van der Waals surface area contributed by atoms with Gasteiger partial charge in [0, 0.05) is 27.0 Å². The first kappa shape index (κ1) is 51.6. The van der Waals surface area contributed by atoms with Gasteiger partial charge in [-0.1, -0.05) is 103 Å². The molecule has 16 heteroatoms. The fraction of sp³-hybridized carbons (Fsp3) is 0.155. The number of aryl methyl sites for hydroxylation is 1. The van der Waals surface area contributed by atoms with Crippen molar-refractivity contribution in [2.45, 2.75) is 70.6 Å². The van der Waals surface area contributed by atoms with Crippen molar-refractivity contribution in [2.75, 3.05) is 7.11 Å². The lowest BCUT2D eigenvalue weighted by molar-refractivity contribution is -0.432. The van der Waals surface area contributed by atoms with Crippen molar-refractivity contribution in [1.82, 2.24) is 0 Å². The van der Waals surface area contributed by atoms with Crippen molar-refractivity contribution in [3.8, 4) is 45.6 Å². The van der Waals surface area contributed by atoms with Gasteiger partial charge in [0.1, 0.15) is 46.0 Å². The Morgan fingerprint density at radius 2 is 1.08 bits per heavy atom. The maximum absolute atomic E-state index is 13.9. The van der Waals surface area contributed by atoms with Crippen LogP contribution in [-0.4, -0.2) is 39.5 Å². The fourth-order valence-corrected chi connectivity index (χ4v) is 11.5. The Kier molecular flexibility index (Phi) is 15.7. The third-order valence-electron chi connectivity index (χ3n) is 13.1. The Balaban J connectivity index is 0.864. The average molecular weight is 1050 g/mol. The van der Waals surface area contributed by atoms with E-state index in [2.05, 4.69) is 29.3 Å². The van der Waals surface area contributed by atoms with E-state index < -0.39 is 30.6 Å². The Hall–Kier alpha value is -7.28. The topological polar surface area (TPSA) is 181 Å². The molecule has 0 aromatic heterocycles. The van der Waals surface area contributed by atoms with Crippen molar-refractivity contribution >= 4 is 37.8 Å². The summed E-state index contributed by atoms with van der Waals surface area (Å²) >= 11 is 0.645. The first-order chi connectivity index (χ1) is 35.7. The van der Waals surface area contributed by atoms with Gasteiger partial charge in [-0.25, -0.2) is 13.7 Å². The molecule has 0 amide bonds. The standard InChI is InChI=1S/C58H50O13S3/c1-39-6-29-52(30-7-39)73(61,62)53-31-27-50(28-32-53)68-49-25-17-46(18-26-49)58(34-4-3-5-35-58)45-15-23-48(24-16-45)67-38-44-9-8-42(36-55(44)72-71-70-60)57(59)43-14-33-54(56(37-43)74(63,64)65)69-51-21-12-41(13-22-51)40-10-19-47(66-2)20-11-40/h6-33,36-37,60H,3-5,34-35,38H2,1-2H3,(H,63,64,65). The number of methoxy groups -OCH3 is 1. The molecule has 378 valence electrons. The number of carbonyl (C=O) groups is 1. The second-order valence-electron chi connectivity index (χ2n) is 17.7. The normalized spacial score (nSPS) is 13.5. The summed E-state index contributed by atoms with van der Waals surface area (Å²) in [5.74, 6) is 1.99. The van der Waals surface area contributed by atoms with Gasteiger partial charge in [-0.15, -0.1) is 4.33 Å². The van der Waals surface area contributed by atoms with Gasteiger partial charge in [-0.2, -0.15) is 8.42 Å². The summed E-state index contributed by atoms with van der Waals surface area (Å²) in [4.78, 5) is 14.1. The molecule has 1 fully saturated rings. The van der Waals surface area contributed by atoms with Crippen molar-refractivity contribution in [3.05, 3.63) is 215 Å². The fourth-order valence-electron chi connectivity index (χ4n) is 9.12. The van der Waals surface area contributed by atoms with Crippen molar-refractivity contribution < 1.29 is 59.8 Å². The molecule has 8 aromatic rings. The Morgan fingerprint density at radius 3 is 1.65 bits per heavy atom. The maximum atomic E-state index is 13.9. The molecule has 1 saturated carbocycles. The van der Waals surface area contributed by atoms with Crippen LogP contribution >= 0.6 is 12.0 Å². The van der Waals surface area contributed by atoms with E-state index in [4.69, 9.17) is 28.5 Å². The van der Waals surface area contributed by atoms with E-state index in [-0.39, 0.29) is 38.7 Å². The number of benzene rings is 8. The number of carbonyl (C=O) groups excluding carboxylic acids is 1. The number of rotatable bonds is 19. The molecule has 0 saturated heterocycles. The van der Waals surface area contributed by atoms with Crippen LogP contribution in [0.5, 0.6) is 34.5 Å². The van der Waals surface area contributed by atoms with Crippen molar-refractivity contribution in [3.63, 3.8) is 0 Å². The second kappa shape index (κ2) is 22.5. The van der Waals surface area contributed by atoms with Crippen LogP contribution < -0.4 is 18.9 Å². The quantitative estimate of drug-likeness (QED) is 0.0257. The highest BCUT2D eigenvalue weighted by Gasteiger charge is 2.36. The summed E-state index contributed by atoms with van der Waals surface area (Å²) in [6.45, 7) is 1.95. The van der Waals surface area contributed by atoms with Gasteiger partial charge in [0.2, 0.25) is 9.84 Å². The zero-order chi connectivity index (χ0) is 51.9. The monoisotopic (exact) mass is 1050 g/mol. The Bertz CT molecular complexity index is 3470. The highest BCUT2D eigenvalue weighted by atomic mass is 32.2. The highest BCUT2D eigenvalue weighted by molar-refractivity contribution is 7.94. The number of hydrogen-bond donors (Lipinski definition) is 2. The van der Waals surface area contributed by atoms with E-state index in [1.165, 1.54) is 18.2 Å². The third-order valence-corrected chi connectivity index (χ3v) is 16.4. The number of hydrogen-bond acceptors (Lipinski definition) is 13. The molecular formula is C58H50O13S3. The van der Waals surface area contributed by atoms with Crippen LogP contribution in [0.25, 0.3) is 11.1 Å². The van der Waals surface area contributed by atoms with Gasteiger partial charge in [-0.3, -0.25) is 9.35 Å². The Morgan fingerprint density at radius 1 is 0.581 bits per heavy atom. The average Bonchev–Trinajstić information content (AvgIpc) is 3.42. The summed E-state index contributed by atoms with van der Waals surface area (Å²) in [7, 11) is -6.93. The van der Waals surface area contributed by atoms with E-state index in [9.17, 15) is 26.2 Å². The van der Waals surface area contributed by atoms with Gasteiger partial charge in [0.15, 0.2) is 5.78 Å². The number of sulfone groups is 1. The minimum atomic E-state index is -4.85. The largest absolute Gasteiger partial charge is 0.497 e. The number of ketones is 1. The van der Waals surface area contributed by atoms with Gasteiger partial charge in [0.25, 0.3) is 10.1 Å². The lowest BCUT2D eigenvalue weighted by atomic mass is 9.65. The number of ether oxygens (including phenoxy) is 4. The maximum Gasteiger partial charge on any atom is 0.298 e. The van der Waals surface area contributed by atoms with Crippen LogP contribution in [-0.2, 0) is 41.3 Å². The first-order valence-electron chi connectivity index (χ1n) is 23.5. The van der Waals surface area contributed by atoms with Crippen LogP contribution in [0.3, 0.4) is 0 Å². The van der Waals surface area contributed by atoms with Crippen LogP contribution in [0.4, 0.5) is 0 Å². The zero-order valence-electron chi connectivity index (χ0n) is 40.2. The summed E-state index contributed by atoms with van der Waals surface area (Å²) in [5, 5.41) is 12.9. The lowest BCUT2D eigenvalue weighted by Gasteiger charge is -2.38.